The molecule has 1 aliphatic rings. The Morgan fingerprint density at radius 3 is 2.85 bits per heavy atom. The second-order valence-electron chi connectivity index (χ2n) is 6.35. The van der Waals surface area contributed by atoms with Crippen LogP contribution in [0.3, 0.4) is 0 Å². The van der Waals surface area contributed by atoms with Gasteiger partial charge in [0.2, 0.25) is 5.95 Å². The Hall–Kier alpha value is -1.10. The molecule has 1 heterocycles. The molecule has 1 saturated carbocycles. The van der Waals surface area contributed by atoms with Gasteiger partial charge in [0.15, 0.2) is 0 Å². The summed E-state index contributed by atoms with van der Waals surface area (Å²) in [6.45, 7) is 4.52. The Labute approximate surface area is 126 Å². The normalized spacial score (nSPS) is 22.3. The van der Waals surface area contributed by atoms with Crippen molar-refractivity contribution in [3.05, 3.63) is 22.4 Å². The molecule has 2 N–H and O–H groups in total. The van der Waals surface area contributed by atoms with Crippen LogP contribution in [0.2, 0.25) is 0 Å². The summed E-state index contributed by atoms with van der Waals surface area (Å²) in [5, 5.41) is 0. The van der Waals surface area contributed by atoms with Gasteiger partial charge >= 0.3 is 0 Å². The first-order chi connectivity index (χ1) is 9.40. The van der Waals surface area contributed by atoms with Gasteiger partial charge in [-0.25, -0.2) is 9.37 Å². The molecular weight excluding hydrogens is 321 g/mol. The lowest BCUT2D eigenvalue weighted by Crippen LogP contribution is -2.31. The molecule has 5 heteroatoms. The molecule has 0 spiro atoms. The van der Waals surface area contributed by atoms with Crippen molar-refractivity contribution in [2.75, 3.05) is 5.73 Å². The fourth-order valence-electron chi connectivity index (χ4n) is 3.39. The van der Waals surface area contributed by atoms with Crippen LogP contribution in [-0.4, -0.2) is 9.55 Å². The largest absolute Gasteiger partial charge is 0.369 e. The summed E-state index contributed by atoms with van der Waals surface area (Å²) in [6, 6.07) is 3.52. The summed E-state index contributed by atoms with van der Waals surface area (Å²) in [5.41, 5.74) is 7.82. The van der Waals surface area contributed by atoms with Crippen molar-refractivity contribution < 1.29 is 4.39 Å². The Bertz CT molecular complexity index is 663. The third-order valence-corrected chi connectivity index (χ3v) is 5.13. The Balaban J connectivity index is 2.20. The zero-order chi connectivity index (χ0) is 14.5. The molecule has 0 aliphatic heterocycles. The molecule has 1 unspecified atom stereocenters. The minimum absolute atomic E-state index is 0.156. The molecule has 3 rings (SSSR count). The van der Waals surface area contributed by atoms with Crippen LogP contribution >= 0.6 is 15.9 Å². The molecule has 1 atom stereocenters. The van der Waals surface area contributed by atoms with Crippen LogP contribution in [-0.2, 0) is 0 Å². The van der Waals surface area contributed by atoms with E-state index in [1.807, 2.05) is 4.57 Å². The number of rotatable bonds is 1. The first kappa shape index (κ1) is 13.9. The van der Waals surface area contributed by atoms with E-state index in [9.17, 15) is 4.39 Å². The SMILES string of the molecule is CC1(C)CCCCC1n1c(N)nc2cc(Br)c(F)cc21. The molecule has 1 aliphatic carbocycles. The van der Waals surface area contributed by atoms with Crippen LogP contribution in [0.4, 0.5) is 10.3 Å². The first-order valence-electron chi connectivity index (χ1n) is 7.02. The number of fused-ring (bicyclic) bond motifs is 1. The van der Waals surface area contributed by atoms with Gasteiger partial charge in [0, 0.05) is 12.1 Å². The van der Waals surface area contributed by atoms with E-state index in [0.29, 0.717) is 10.4 Å². The fraction of sp³-hybridized carbons (Fsp3) is 0.533. The standard InChI is InChI=1S/C15H19BrFN3/c1-15(2)6-4-3-5-13(15)20-12-8-10(17)9(16)7-11(12)19-14(20)18/h7-8,13H,3-6H2,1-2H3,(H2,18,19). The van der Waals surface area contributed by atoms with E-state index in [-0.39, 0.29) is 17.3 Å². The minimum atomic E-state index is -0.271. The number of benzene rings is 1. The van der Waals surface area contributed by atoms with Crippen molar-refractivity contribution in [1.29, 1.82) is 0 Å². The smallest absolute Gasteiger partial charge is 0.201 e. The van der Waals surface area contributed by atoms with E-state index in [4.69, 9.17) is 5.73 Å². The highest BCUT2D eigenvalue weighted by atomic mass is 79.9. The van der Waals surface area contributed by atoms with Gasteiger partial charge in [-0.2, -0.15) is 0 Å². The van der Waals surface area contributed by atoms with Gasteiger partial charge in [0.1, 0.15) is 5.82 Å². The topological polar surface area (TPSA) is 43.8 Å². The van der Waals surface area contributed by atoms with Crippen LogP contribution in [0, 0.1) is 11.2 Å². The number of nitrogens with two attached hydrogens (primary N) is 1. The van der Waals surface area contributed by atoms with Crippen molar-refractivity contribution in [2.24, 2.45) is 5.41 Å². The molecule has 1 fully saturated rings. The molecule has 0 radical (unpaired) electrons. The maximum Gasteiger partial charge on any atom is 0.201 e. The van der Waals surface area contributed by atoms with Crippen molar-refractivity contribution in [3.8, 4) is 0 Å². The monoisotopic (exact) mass is 339 g/mol. The quantitative estimate of drug-likeness (QED) is 0.820. The van der Waals surface area contributed by atoms with E-state index in [2.05, 4.69) is 34.8 Å². The van der Waals surface area contributed by atoms with E-state index in [1.165, 1.54) is 18.9 Å². The lowest BCUT2D eigenvalue weighted by atomic mass is 9.73. The van der Waals surface area contributed by atoms with E-state index in [0.717, 1.165) is 23.9 Å². The van der Waals surface area contributed by atoms with Gasteiger partial charge in [-0.3, -0.25) is 0 Å². The van der Waals surface area contributed by atoms with Crippen molar-refractivity contribution >= 4 is 32.9 Å². The number of aromatic nitrogens is 2. The summed E-state index contributed by atoms with van der Waals surface area (Å²) >= 11 is 3.20. The minimum Gasteiger partial charge on any atom is -0.369 e. The van der Waals surface area contributed by atoms with Crippen molar-refractivity contribution in [1.82, 2.24) is 9.55 Å². The maximum absolute atomic E-state index is 13.9. The molecule has 0 amide bonds. The average molecular weight is 340 g/mol. The van der Waals surface area contributed by atoms with Gasteiger partial charge in [-0.1, -0.05) is 26.7 Å². The highest BCUT2D eigenvalue weighted by Crippen LogP contribution is 2.46. The Morgan fingerprint density at radius 1 is 1.40 bits per heavy atom. The molecule has 3 nitrogen and oxygen atoms in total. The van der Waals surface area contributed by atoms with Gasteiger partial charge in [-0.05, 0) is 40.3 Å². The second kappa shape index (κ2) is 4.72. The summed E-state index contributed by atoms with van der Waals surface area (Å²) < 4.78 is 16.3. The van der Waals surface area contributed by atoms with Gasteiger partial charge < -0.3 is 10.3 Å². The lowest BCUT2D eigenvalue weighted by molar-refractivity contribution is 0.149. The first-order valence-corrected chi connectivity index (χ1v) is 7.82. The molecule has 0 saturated heterocycles. The van der Waals surface area contributed by atoms with Crippen LogP contribution in [0.5, 0.6) is 0 Å². The van der Waals surface area contributed by atoms with Gasteiger partial charge in [-0.15, -0.1) is 0 Å². The molecule has 0 bridgehead atoms. The highest BCUT2D eigenvalue weighted by Gasteiger charge is 2.35. The zero-order valence-electron chi connectivity index (χ0n) is 11.8. The number of hydrogen-bond donors (Lipinski definition) is 1. The van der Waals surface area contributed by atoms with E-state index < -0.39 is 0 Å². The predicted octanol–water partition coefficient (Wildman–Crippen LogP) is 4.66. The summed E-state index contributed by atoms with van der Waals surface area (Å²) in [6.07, 6.45) is 4.66. The molecule has 1 aromatic heterocycles. The van der Waals surface area contributed by atoms with E-state index in [1.54, 1.807) is 6.07 Å². The molecular formula is C15H19BrFN3. The van der Waals surface area contributed by atoms with Crippen molar-refractivity contribution in [2.45, 2.75) is 45.6 Å². The lowest BCUT2D eigenvalue weighted by Gasteiger charge is -2.40. The fourth-order valence-corrected chi connectivity index (χ4v) is 3.72. The molecule has 2 aromatic rings. The third-order valence-electron chi connectivity index (χ3n) is 4.52. The average Bonchev–Trinajstić information content (AvgIpc) is 2.65. The Morgan fingerprint density at radius 2 is 2.15 bits per heavy atom. The third kappa shape index (κ3) is 2.12. The number of hydrogen-bond acceptors (Lipinski definition) is 2. The number of imidazole rings is 1. The van der Waals surface area contributed by atoms with Crippen LogP contribution in [0.25, 0.3) is 11.0 Å². The highest BCUT2D eigenvalue weighted by molar-refractivity contribution is 9.10. The summed E-state index contributed by atoms with van der Waals surface area (Å²) in [4.78, 5) is 4.40. The molecule has 108 valence electrons. The number of halogens is 2. The van der Waals surface area contributed by atoms with E-state index >= 15 is 0 Å². The summed E-state index contributed by atoms with van der Waals surface area (Å²) in [7, 11) is 0. The summed E-state index contributed by atoms with van der Waals surface area (Å²) in [5.74, 6) is 0.213. The molecule has 1 aromatic carbocycles. The second-order valence-corrected chi connectivity index (χ2v) is 7.20. The number of anilines is 1. The van der Waals surface area contributed by atoms with Crippen LogP contribution in [0.1, 0.15) is 45.6 Å². The predicted molar refractivity (Wildman–Crippen MR) is 83.1 cm³/mol. The number of nitrogen functional groups attached to an aromatic ring is 1. The molecule has 20 heavy (non-hydrogen) atoms. The Kier molecular flexibility index (Phi) is 3.27. The van der Waals surface area contributed by atoms with Gasteiger partial charge in [0.05, 0.1) is 15.5 Å². The van der Waals surface area contributed by atoms with Crippen molar-refractivity contribution in [3.63, 3.8) is 0 Å². The maximum atomic E-state index is 13.9. The number of nitrogens with zero attached hydrogens (tertiary/aromatic N) is 2. The van der Waals surface area contributed by atoms with Crippen LogP contribution < -0.4 is 5.73 Å². The zero-order valence-corrected chi connectivity index (χ0v) is 13.4. The van der Waals surface area contributed by atoms with Gasteiger partial charge in [0.25, 0.3) is 0 Å². The van der Waals surface area contributed by atoms with Crippen LogP contribution in [0.15, 0.2) is 16.6 Å².